The largest absolute Gasteiger partial charge is 0.368 e. The van der Waals surface area contributed by atoms with Crippen molar-refractivity contribution >= 4 is 17.4 Å². The number of hydrogen-bond donors (Lipinski definition) is 0. The smallest absolute Gasteiger partial charge is 0.0507 e. The van der Waals surface area contributed by atoms with E-state index < -0.39 is 0 Å². The lowest BCUT2D eigenvalue weighted by Crippen LogP contribution is -2.36. The lowest BCUT2D eigenvalue weighted by molar-refractivity contribution is 0.345. The number of aryl methyl sites for hydroxylation is 1. The molecule has 0 saturated carbocycles. The predicted octanol–water partition coefficient (Wildman–Crippen LogP) is 3.00. The van der Waals surface area contributed by atoms with E-state index in [1.54, 1.807) is 0 Å². The maximum absolute atomic E-state index is 2.61. The number of hydrogen-bond acceptors (Lipinski definition) is 3. The van der Waals surface area contributed by atoms with Crippen LogP contribution < -0.4 is 4.90 Å². The average Bonchev–Trinajstić information content (AvgIpc) is 2.89. The zero-order chi connectivity index (χ0) is 12.4. The Labute approximate surface area is 114 Å². The first kappa shape index (κ1) is 12.4. The third-order valence-electron chi connectivity index (χ3n) is 3.96. The Morgan fingerprint density at radius 3 is 2.78 bits per heavy atom. The van der Waals surface area contributed by atoms with Gasteiger partial charge in [-0.15, -0.1) is 11.8 Å². The highest BCUT2D eigenvalue weighted by atomic mass is 32.2. The fourth-order valence-corrected chi connectivity index (χ4v) is 3.92. The second kappa shape index (κ2) is 5.54. The molecule has 0 bridgehead atoms. The van der Waals surface area contributed by atoms with Crippen LogP contribution in [-0.2, 0) is 0 Å². The molecule has 98 valence electrons. The number of thioether (sulfide) groups is 1. The first-order valence-electron chi connectivity index (χ1n) is 7.04. The average molecular weight is 262 g/mol. The van der Waals surface area contributed by atoms with E-state index in [4.69, 9.17) is 0 Å². The van der Waals surface area contributed by atoms with E-state index >= 15 is 0 Å². The van der Waals surface area contributed by atoms with Crippen molar-refractivity contribution in [3.8, 4) is 0 Å². The first-order chi connectivity index (χ1) is 8.83. The highest BCUT2D eigenvalue weighted by Gasteiger charge is 2.19. The fourth-order valence-electron chi connectivity index (χ4n) is 2.88. The van der Waals surface area contributed by atoms with E-state index in [1.807, 2.05) is 11.8 Å². The quantitative estimate of drug-likeness (QED) is 0.827. The minimum atomic E-state index is 1.19. The second-order valence-corrected chi connectivity index (χ2v) is 6.49. The highest BCUT2D eigenvalue weighted by Crippen LogP contribution is 2.35. The third-order valence-corrected chi connectivity index (χ3v) is 5.00. The molecule has 3 heteroatoms. The summed E-state index contributed by atoms with van der Waals surface area (Å²) in [6.45, 7) is 8.44. The van der Waals surface area contributed by atoms with Crippen molar-refractivity contribution in [2.24, 2.45) is 0 Å². The van der Waals surface area contributed by atoms with Gasteiger partial charge in [0.25, 0.3) is 0 Å². The maximum Gasteiger partial charge on any atom is 0.0507 e. The second-order valence-electron chi connectivity index (χ2n) is 5.36. The fraction of sp³-hybridized carbons (Fsp3) is 0.600. The Hall–Kier alpha value is -0.670. The maximum atomic E-state index is 2.61. The Bertz CT molecular complexity index is 413. The zero-order valence-electron chi connectivity index (χ0n) is 11.2. The van der Waals surface area contributed by atoms with Crippen molar-refractivity contribution in [2.75, 3.05) is 43.4 Å². The van der Waals surface area contributed by atoms with E-state index in [0.717, 1.165) is 0 Å². The van der Waals surface area contributed by atoms with Crippen molar-refractivity contribution in [3.63, 3.8) is 0 Å². The monoisotopic (exact) mass is 262 g/mol. The van der Waals surface area contributed by atoms with E-state index in [1.165, 1.54) is 67.5 Å². The van der Waals surface area contributed by atoms with Gasteiger partial charge in [0.1, 0.15) is 0 Å². The van der Waals surface area contributed by atoms with Gasteiger partial charge in [-0.3, -0.25) is 0 Å². The molecule has 3 rings (SSSR count). The van der Waals surface area contributed by atoms with Crippen LogP contribution in [0.1, 0.15) is 18.4 Å². The molecule has 2 aliphatic heterocycles. The van der Waals surface area contributed by atoms with Crippen LogP contribution in [0, 0.1) is 6.92 Å². The van der Waals surface area contributed by atoms with E-state index in [-0.39, 0.29) is 0 Å². The molecule has 1 saturated heterocycles. The summed E-state index contributed by atoms with van der Waals surface area (Å²) in [4.78, 5) is 6.65. The Balaban J connectivity index is 1.68. The number of fused-ring (bicyclic) bond motifs is 1. The number of likely N-dealkylation sites (tertiary alicyclic amines) is 1. The summed E-state index contributed by atoms with van der Waals surface area (Å²) < 4.78 is 0. The van der Waals surface area contributed by atoms with Gasteiger partial charge in [-0.2, -0.15) is 0 Å². The van der Waals surface area contributed by atoms with Crippen molar-refractivity contribution in [3.05, 3.63) is 23.8 Å². The molecule has 2 aliphatic rings. The molecule has 0 spiro atoms. The molecule has 1 aromatic rings. The van der Waals surface area contributed by atoms with Crippen LogP contribution in [-0.4, -0.2) is 43.4 Å². The van der Waals surface area contributed by atoms with Gasteiger partial charge in [0.2, 0.25) is 0 Å². The molecule has 0 aliphatic carbocycles. The predicted molar refractivity (Wildman–Crippen MR) is 79.8 cm³/mol. The van der Waals surface area contributed by atoms with Crippen molar-refractivity contribution in [1.82, 2.24) is 4.90 Å². The first-order valence-corrected chi connectivity index (χ1v) is 8.02. The minimum Gasteiger partial charge on any atom is -0.368 e. The lowest BCUT2D eigenvalue weighted by atomic mass is 10.2. The van der Waals surface area contributed by atoms with Crippen molar-refractivity contribution in [1.29, 1.82) is 0 Å². The van der Waals surface area contributed by atoms with Gasteiger partial charge < -0.3 is 9.80 Å². The van der Waals surface area contributed by atoms with Crippen molar-refractivity contribution < 1.29 is 0 Å². The zero-order valence-corrected chi connectivity index (χ0v) is 12.0. The standard InChI is InChI=1S/C15H22N2S/c1-13-4-5-15-14(12-13)17(10-11-18-15)9-8-16-6-2-3-7-16/h4-5,12H,2-3,6-11H2,1H3. The number of nitrogens with zero attached hydrogens (tertiary/aromatic N) is 2. The summed E-state index contributed by atoms with van der Waals surface area (Å²) in [5.41, 5.74) is 2.84. The van der Waals surface area contributed by atoms with Gasteiger partial charge in [-0.05, 0) is 50.6 Å². The number of rotatable bonds is 3. The van der Waals surface area contributed by atoms with Gasteiger partial charge in [0.05, 0.1) is 5.69 Å². The van der Waals surface area contributed by atoms with Gasteiger partial charge in [0, 0.05) is 30.3 Å². The van der Waals surface area contributed by atoms with E-state index in [2.05, 4.69) is 34.9 Å². The van der Waals surface area contributed by atoms with Crippen LogP contribution in [0.5, 0.6) is 0 Å². The Kier molecular flexibility index (Phi) is 3.80. The molecule has 1 aromatic carbocycles. The molecular weight excluding hydrogens is 240 g/mol. The third kappa shape index (κ3) is 2.67. The molecule has 0 aromatic heterocycles. The molecule has 0 radical (unpaired) electrons. The summed E-state index contributed by atoms with van der Waals surface area (Å²) in [6, 6.07) is 6.87. The molecular formula is C15H22N2S. The van der Waals surface area contributed by atoms with Gasteiger partial charge in [-0.25, -0.2) is 0 Å². The SMILES string of the molecule is Cc1ccc2c(c1)N(CCN1CCCC1)CCS2. The van der Waals surface area contributed by atoms with Gasteiger partial charge in [0.15, 0.2) is 0 Å². The summed E-state index contributed by atoms with van der Waals surface area (Å²) in [5.74, 6) is 1.23. The molecule has 18 heavy (non-hydrogen) atoms. The van der Waals surface area contributed by atoms with Crippen molar-refractivity contribution in [2.45, 2.75) is 24.7 Å². The molecule has 0 atom stereocenters. The summed E-state index contributed by atoms with van der Waals surface area (Å²) in [6.07, 6.45) is 2.79. The summed E-state index contributed by atoms with van der Waals surface area (Å²) in [7, 11) is 0. The number of anilines is 1. The summed E-state index contributed by atoms with van der Waals surface area (Å²) >= 11 is 2.00. The Morgan fingerprint density at radius 1 is 1.11 bits per heavy atom. The molecule has 0 N–H and O–H groups in total. The molecule has 0 amide bonds. The molecule has 1 fully saturated rings. The van der Waals surface area contributed by atoms with Gasteiger partial charge in [-0.1, -0.05) is 6.07 Å². The van der Waals surface area contributed by atoms with Crippen LogP contribution in [0.25, 0.3) is 0 Å². The molecule has 2 nitrogen and oxygen atoms in total. The van der Waals surface area contributed by atoms with E-state index in [0.29, 0.717) is 0 Å². The van der Waals surface area contributed by atoms with Crippen LogP contribution >= 0.6 is 11.8 Å². The summed E-state index contributed by atoms with van der Waals surface area (Å²) in [5, 5.41) is 0. The normalized spacial score (nSPS) is 20.2. The molecule has 0 unspecified atom stereocenters. The molecule has 2 heterocycles. The van der Waals surface area contributed by atoms with Crippen LogP contribution in [0.4, 0.5) is 5.69 Å². The Morgan fingerprint density at radius 2 is 1.94 bits per heavy atom. The topological polar surface area (TPSA) is 6.48 Å². The van der Waals surface area contributed by atoms with Crippen LogP contribution in [0.3, 0.4) is 0 Å². The lowest BCUT2D eigenvalue weighted by Gasteiger charge is -2.32. The van der Waals surface area contributed by atoms with Gasteiger partial charge >= 0.3 is 0 Å². The van der Waals surface area contributed by atoms with E-state index in [9.17, 15) is 0 Å². The minimum absolute atomic E-state index is 1.19. The number of benzene rings is 1. The highest BCUT2D eigenvalue weighted by molar-refractivity contribution is 7.99. The van der Waals surface area contributed by atoms with Crippen LogP contribution in [0.2, 0.25) is 0 Å². The van der Waals surface area contributed by atoms with Crippen LogP contribution in [0.15, 0.2) is 23.1 Å².